The number of rotatable bonds is 6. The summed E-state index contributed by atoms with van der Waals surface area (Å²) in [5.41, 5.74) is 0.254. The molecule has 0 heterocycles. The normalized spacial score (nSPS) is 10.1. The van der Waals surface area contributed by atoms with Crippen molar-refractivity contribution < 1.29 is 28.9 Å². The summed E-state index contributed by atoms with van der Waals surface area (Å²) in [5.74, 6) is -0.577. The first-order valence-electron chi connectivity index (χ1n) is 6.87. The van der Waals surface area contributed by atoms with E-state index >= 15 is 0 Å². The zero-order chi connectivity index (χ0) is 17.7. The molecule has 0 aliphatic rings. The number of methoxy groups -OCH3 is 2. The molecule has 0 aliphatic carbocycles. The van der Waals surface area contributed by atoms with Gasteiger partial charge in [-0.15, -0.1) is 0 Å². The van der Waals surface area contributed by atoms with Crippen LogP contribution in [0.4, 0.5) is 0 Å². The number of benzene rings is 2. The van der Waals surface area contributed by atoms with Gasteiger partial charge in [-0.1, -0.05) is 0 Å². The lowest BCUT2D eigenvalue weighted by molar-refractivity contribution is 0.0471. The SMILES string of the molecule is COc1ccc(OC)c(C(=O)COC(=O)c2cc(I)ccc2O)c1. The Kier molecular flexibility index (Phi) is 6.02. The van der Waals surface area contributed by atoms with Gasteiger partial charge < -0.3 is 19.3 Å². The smallest absolute Gasteiger partial charge is 0.342 e. The Bertz CT molecular complexity index is 772. The van der Waals surface area contributed by atoms with E-state index in [1.165, 1.54) is 32.4 Å². The number of phenolic OH excluding ortho intramolecular Hbond substituents is 1. The van der Waals surface area contributed by atoms with Crippen LogP contribution >= 0.6 is 22.6 Å². The number of halogens is 1. The summed E-state index contributed by atoms with van der Waals surface area (Å²) >= 11 is 2.01. The fourth-order valence-electron chi connectivity index (χ4n) is 1.99. The quantitative estimate of drug-likeness (QED) is 0.421. The monoisotopic (exact) mass is 442 g/mol. The molecular weight excluding hydrogens is 427 g/mol. The number of phenols is 1. The molecule has 24 heavy (non-hydrogen) atoms. The molecule has 0 atom stereocenters. The minimum absolute atomic E-state index is 0.00677. The summed E-state index contributed by atoms with van der Waals surface area (Å²) in [7, 11) is 2.92. The van der Waals surface area contributed by atoms with Crippen molar-refractivity contribution in [3.8, 4) is 17.2 Å². The van der Waals surface area contributed by atoms with Crippen molar-refractivity contribution in [2.45, 2.75) is 0 Å². The second-order valence-corrected chi connectivity index (χ2v) is 5.97. The maximum atomic E-state index is 12.3. The minimum atomic E-state index is -0.777. The molecule has 0 fully saturated rings. The summed E-state index contributed by atoms with van der Waals surface area (Å²) < 4.78 is 16.0. The number of aromatic hydroxyl groups is 1. The maximum Gasteiger partial charge on any atom is 0.342 e. The fraction of sp³-hybridized carbons (Fsp3) is 0.176. The number of ketones is 1. The highest BCUT2D eigenvalue weighted by atomic mass is 127. The van der Waals surface area contributed by atoms with Crippen molar-refractivity contribution in [2.75, 3.05) is 20.8 Å². The van der Waals surface area contributed by atoms with Crippen LogP contribution in [-0.2, 0) is 4.74 Å². The lowest BCUT2D eigenvalue weighted by Gasteiger charge is -2.10. The number of hydrogen-bond acceptors (Lipinski definition) is 6. The molecule has 7 heteroatoms. The average Bonchev–Trinajstić information content (AvgIpc) is 2.60. The summed E-state index contributed by atoms with van der Waals surface area (Å²) in [5, 5.41) is 9.71. The summed E-state index contributed by atoms with van der Waals surface area (Å²) in [4.78, 5) is 24.3. The van der Waals surface area contributed by atoms with E-state index in [4.69, 9.17) is 14.2 Å². The molecule has 6 nitrogen and oxygen atoms in total. The standard InChI is InChI=1S/C17H15IO6/c1-22-11-4-6-16(23-2)12(8-11)15(20)9-24-17(21)13-7-10(18)3-5-14(13)19/h3-8,19H,9H2,1-2H3. The number of carbonyl (C=O) groups excluding carboxylic acids is 2. The van der Waals surface area contributed by atoms with Crippen molar-refractivity contribution >= 4 is 34.3 Å². The second kappa shape index (κ2) is 8.00. The third-order valence-corrected chi connectivity index (χ3v) is 3.89. The number of carbonyl (C=O) groups is 2. The predicted octanol–water partition coefficient (Wildman–Crippen LogP) is 3.05. The van der Waals surface area contributed by atoms with Gasteiger partial charge in [-0.05, 0) is 59.0 Å². The molecule has 0 saturated carbocycles. The van der Waals surface area contributed by atoms with Gasteiger partial charge in [0.05, 0.1) is 19.8 Å². The van der Waals surface area contributed by atoms with Crippen molar-refractivity contribution in [1.29, 1.82) is 0 Å². The van der Waals surface area contributed by atoms with Crippen LogP contribution in [0.15, 0.2) is 36.4 Å². The highest BCUT2D eigenvalue weighted by Crippen LogP contribution is 2.25. The Labute approximate surface area is 152 Å². The zero-order valence-corrected chi connectivity index (χ0v) is 15.2. The highest BCUT2D eigenvalue weighted by molar-refractivity contribution is 14.1. The molecule has 0 unspecified atom stereocenters. The van der Waals surface area contributed by atoms with Crippen molar-refractivity contribution in [2.24, 2.45) is 0 Å². The largest absolute Gasteiger partial charge is 0.507 e. The van der Waals surface area contributed by atoms with Crippen LogP contribution in [-0.4, -0.2) is 37.7 Å². The van der Waals surface area contributed by atoms with Crippen LogP contribution < -0.4 is 9.47 Å². The zero-order valence-electron chi connectivity index (χ0n) is 13.0. The molecule has 2 aromatic carbocycles. The molecule has 1 N–H and O–H groups in total. The molecule has 0 saturated heterocycles. The number of hydrogen-bond donors (Lipinski definition) is 1. The van der Waals surface area contributed by atoms with Crippen LogP contribution in [0.25, 0.3) is 0 Å². The van der Waals surface area contributed by atoms with Gasteiger partial charge >= 0.3 is 5.97 Å². The average molecular weight is 442 g/mol. The van der Waals surface area contributed by atoms with E-state index in [2.05, 4.69) is 0 Å². The molecule has 0 radical (unpaired) electrons. The summed E-state index contributed by atoms with van der Waals surface area (Å²) in [6.07, 6.45) is 0. The Morgan fingerprint density at radius 2 is 1.79 bits per heavy atom. The first-order chi connectivity index (χ1) is 11.5. The van der Waals surface area contributed by atoms with Gasteiger partial charge in [-0.2, -0.15) is 0 Å². The Morgan fingerprint density at radius 3 is 2.46 bits per heavy atom. The number of Topliss-reactive ketones (excluding diaryl/α,β-unsaturated/α-hetero) is 1. The number of ether oxygens (including phenoxy) is 3. The van der Waals surface area contributed by atoms with Gasteiger partial charge in [0.15, 0.2) is 6.61 Å². The lowest BCUT2D eigenvalue weighted by atomic mass is 10.1. The Morgan fingerprint density at radius 1 is 1.04 bits per heavy atom. The second-order valence-electron chi connectivity index (χ2n) is 4.73. The van der Waals surface area contributed by atoms with Gasteiger partial charge in [0, 0.05) is 3.57 Å². The first-order valence-corrected chi connectivity index (χ1v) is 7.95. The van der Waals surface area contributed by atoms with Crippen LogP contribution in [0.3, 0.4) is 0 Å². The van der Waals surface area contributed by atoms with Gasteiger partial charge in [0.1, 0.15) is 22.8 Å². The first kappa shape index (κ1) is 18.1. The Balaban J connectivity index is 2.13. The lowest BCUT2D eigenvalue weighted by Crippen LogP contribution is -2.15. The van der Waals surface area contributed by atoms with Crippen LogP contribution in [0.1, 0.15) is 20.7 Å². The molecule has 2 rings (SSSR count). The van der Waals surface area contributed by atoms with E-state index < -0.39 is 18.4 Å². The van der Waals surface area contributed by atoms with Gasteiger partial charge in [-0.3, -0.25) is 4.79 Å². The summed E-state index contributed by atoms with van der Waals surface area (Å²) in [6, 6.07) is 9.29. The van der Waals surface area contributed by atoms with Crippen LogP contribution in [0.5, 0.6) is 17.2 Å². The van der Waals surface area contributed by atoms with E-state index in [-0.39, 0.29) is 16.9 Å². The van der Waals surface area contributed by atoms with Crippen molar-refractivity contribution in [1.82, 2.24) is 0 Å². The predicted molar refractivity (Wildman–Crippen MR) is 95.0 cm³/mol. The van der Waals surface area contributed by atoms with Gasteiger partial charge in [0.25, 0.3) is 0 Å². The molecule has 126 valence electrons. The third kappa shape index (κ3) is 4.16. The molecule has 0 spiro atoms. The molecule has 2 aromatic rings. The highest BCUT2D eigenvalue weighted by Gasteiger charge is 2.18. The van der Waals surface area contributed by atoms with E-state index in [0.717, 1.165) is 3.57 Å². The molecule has 0 amide bonds. The van der Waals surface area contributed by atoms with E-state index in [9.17, 15) is 14.7 Å². The van der Waals surface area contributed by atoms with Gasteiger partial charge in [0.2, 0.25) is 5.78 Å². The molecule has 0 aromatic heterocycles. The van der Waals surface area contributed by atoms with E-state index in [0.29, 0.717) is 11.5 Å². The molecule has 0 aliphatic heterocycles. The fourth-order valence-corrected chi connectivity index (χ4v) is 2.48. The minimum Gasteiger partial charge on any atom is -0.507 e. The van der Waals surface area contributed by atoms with Gasteiger partial charge in [-0.25, -0.2) is 4.79 Å². The van der Waals surface area contributed by atoms with E-state index in [1.807, 2.05) is 22.6 Å². The van der Waals surface area contributed by atoms with Crippen LogP contribution in [0, 0.1) is 3.57 Å². The number of esters is 1. The third-order valence-electron chi connectivity index (χ3n) is 3.22. The van der Waals surface area contributed by atoms with E-state index in [1.54, 1.807) is 18.2 Å². The maximum absolute atomic E-state index is 12.3. The van der Waals surface area contributed by atoms with Crippen molar-refractivity contribution in [3.63, 3.8) is 0 Å². The Hall–Kier alpha value is -2.29. The van der Waals surface area contributed by atoms with Crippen LogP contribution in [0.2, 0.25) is 0 Å². The molecule has 0 bridgehead atoms. The molecular formula is C17H15IO6. The van der Waals surface area contributed by atoms with Crippen molar-refractivity contribution in [3.05, 3.63) is 51.1 Å². The summed E-state index contributed by atoms with van der Waals surface area (Å²) in [6.45, 7) is -0.479. The topological polar surface area (TPSA) is 82.1 Å².